The Kier molecular flexibility index (Phi) is 23.7. The molecule has 0 heterocycles. The molecule has 0 N–H and O–H groups in total. The van der Waals surface area contributed by atoms with Crippen molar-refractivity contribution in [2.75, 3.05) is 67.1 Å². The quantitative estimate of drug-likeness (QED) is 0.0174. The van der Waals surface area contributed by atoms with E-state index in [9.17, 15) is 33.6 Å². The third kappa shape index (κ3) is 18.1. The maximum atomic E-state index is 16.5. The zero-order chi connectivity index (χ0) is 54.4. The maximum absolute atomic E-state index is 16.5. The number of unbranched alkanes of at least 4 members (excludes halogenated alkanes) is 2. The molecule has 18 heteroatoms. The Morgan fingerprint density at radius 2 is 1.04 bits per heavy atom. The van der Waals surface area contributed by atoms with Crippen molar-refractivity contribution in [1.29, 1.82) is 0 Å². The van der Waals surface area contributed by atoms with E-state index in [1.165, 1.54) is 91.0 Å². The van der Waals surface area contributed by atoms with E-state index in [0.29, 0.717) is 11.5 Å². The minimum absolute atomic E-state index is 0.0181. The zero-order valence-electron chi connectivity index (χ0n) is 43.1. The van der Waals surface area contributed by atoms with E-state index in [4.69, 9.17) is 47.4 Å². The second-order valence-electron chi connectivity index (χ2n) is 18.2. The van der Waals surface area contributed by atoms with E-state index in [1.54, 1.807) is 18.2 Å². The van der Waals surface area contributed by atoms with Crippen LogP contribution in [-0.4, -0.2) is 109 Å². The molecule has 0 aromatic heterocycles. The van der Waals surface area contributed by atoms with Crippen molar-refractivity contribution in [3.63, 3.8) is 0 Å². The van der Waals surface area contributed by atoms with Crippen LogP contribution in [0.2, 0.25) is 0 Å². The lowest BCUT2D eigenvalue weighted by Crippen LogP contribution is -2.45. The van der Waals surface area contributed by atoms with Gasteiger partial charge in [0.05, 0.1) is 13.2 Å². The lowest BCUT2D eigenvalue weighted by Gasteiger charge is -2.31. The van der Waals surface area contributed by atoms with Gasteiger partial charge >= 0.3 is 41.8 Å². The third-order valence-electron chi connectivity index (χ3n) is 12.0. The van der Waals surface area contributed by atoms with Gasteiger partial charge in [0.2, 0.25) is 0 Å². The first-order valence-electron chi connectivity index (χ1n) is 24.3. The number of benzene rings is 3. The predicted octanol–water partition coefficient (Wildman–Crippen LogP) is 8.93. The van der Waals surface area contributed by atoms with Crippen molar-refractivity contribution in [1.82, 2.24) is 0 Å². The van der Waals surface area contributed by atoms with Gasteiger partial charge in [-0.25, -0.2) is 38.0 Å². The number of hydrogen-bond acceptors (Lipinski definition) is 17. The van der Waals surface area contributed by atoms with Gasteiger partial charge in [0.1, 0.15) is 68.1 Å². The summed E-state index contributed by atoms with van der Waals surface area (Å²) >= 11 is 0. The molecule has 1 saturated carbocycles. The Morgan fingerprint density at radius 1 is 0.554 bits per heavy atom. The summed E-state index contributed by atoms with van der Waals surface area (Å²) in [6, 6.07) is 13.9. The second kappa shape index (κ2) is 29.5. The molecule has 3 aromatic carbocycles. The summed E-state index contributed by atoms with van der Waals surface area (Å²) in [5, 5.41) is 0. The van der Waals surface area contributed by atoms with E-state index >= 15 is 4.39 Å². The lowest BCUT2D eigenvalue weighted by molar-refractivity contribution is -0.179. The second-order valence-corrected chi connectivity index (χ2v) is 18.2. The molecular formula is C56H67FO17. The summed E-state index contributed by atoms with van der Waals surface area (Å²) in [5.41, 5.74) is -0.0100. The predicted molar refractivity (Wildman–Crippen MR) is 268 cm³/mol. The van der Waals surface area contributed by atoms with Crippen LogP contribution in [-0.2, 0) is 66.7 Å². The summed E-state index contributed by atoms with van der Waals surface area (Å²) in [7, 11) is 2.71. The van der Waals surface area contributed by atoms with E-state index in [1.807, 2.05) is 6.07 Å². The third-order valence-corrected chi connectivity index (χ3v) is 12.0. The van der Waals surface area contributed by atoms with E-state index < -0.39 is 79.4 Å². The monoisotopic (exact) mass is 1030 g/mol. The Balaban J connectivity index is 1.73. The van der Waals surface area contributed by atoms with Crippen LogP contribution in [0.3, 0.4) is 0 Å². The normalized spacial score (nSPS) is 14.1. The van der Waals surface area contributed by atoms with Gasteiger partial charge in [-0.1, -0.05) is 76.6 Å². The molecular weight excluding hydrogens is 964 g/mol. The van der Waals surface area contributed by atoms with Crippen LogP contribution >= 0.6 is 0 Å². The van der Waals surface area contributed by atoms with Gasteiger partial charge in [-0.2, -0.15) is 0 Å². The largest absolute Gasteiger partial charge is 0.493 e. The molecule has 17 nitrogen and oxygen atoms in total. The summed E-state index contributed by atoms with van der Waals surface area (Å²) in [6.07, 6.45) is 8.89. The van der Waals surface area contributed by atoms with Gasteiger partial charge in [-0.05, 0) is 99.7 Å². The topological polar surface area (TPSA) is 212 Å². The average molecular weight is 1030 g/mol. The lowest BCUT2D eigenvalue weighted by atomic mass is 9.77. The van der Waals surface area contributed by atoms with Crippen LogP contribution in [0.4, 0.5) is 4.39 Å². The average Bonchev–Trinajstić information content (AvgIpc) is 3.38. The Labute approximate surface area is 431 Å². The highest BCUT2D eigenvalue weighted by atomic mass is 19.1. The minimum Gasteiger partial charge on any atom is -0.493 e. The molecule has 0 unspecified atom stereocenters. The first-order valence-corrected chi connectivity index (χ1v) is 24.3. The fourth-order valence-electron chi connectivity index (χ4n) is 7.68. The van der Waals surface area contributed by atoms with Crippen molar-refractivity contribution in [2.45, 2.75) is 85.0 Å². The number of methoxy groups -OCH3 is 2. The van der Waals surface area contributed by atoms with Gasteiger partial charge in [-0.3, -0.25) is 0 Å². The molecule has 3 aromatic rings. The van der Waals surface area contributed by atoms with Crippen molar-refractivity contribution in [3.05, 3.63) is 102 Å². The summed E-state index contributed by atoms with van der Waals surface area (Å²) in [4.78, 5) is 89.3. The molecule has 0 radical (unpaired) electrons. The first kappa shape index (κ1) is 59.4. The molecule has 1 aliphatic carbocycles. The number of carbonyl (C=O) groups is 7. The zero-order valence-corrected chi connectivity index (χ0v) is 43.1. The Morgan fingerprint density at radius 3 is 1.53 bits per heavy atom. The number of ether oxygens (including phenoxy) is 10. The van der Waals surface area contributed by atoms with Crippen LogP contribution in [0.5, 0.6) is 17.2 Å². The molecule has 0 saturated heterocycles. The number of rotatable bonds is 27. The van der Waals surface area contributed by atoms with Crippen LogP contribution in [0.15, 0.2) is 91.1 Å². The van der Waals surface area contributed by atoms with Gasteiger partial charge in [0.15, 0.2) is 0 Å². The Hall–Kier alpha value is -7.18. The number of hydrogen-bond donors (Lipinski definition) is 0. The van der Waals surface area contributed by atoms with Crippen LogP contribution in [0.25, 0.3) is 22.3 Å². The molecule has 1 fully saturated rings. The molecule has 0 spiro atoms. The fourth-order valence-corrected chi connectivity index (χ4v) is 7.68. The van der Waals surface area contributed by atoms with E-state index in [0.717, 1.165) is 31.2 Å². The molecule has 400 valence electrons. The SMILES string of the molecule is C=C(C)C(=O)OCC(COC(=O)C(=O)OCCOC)(COC(=O)C(=O)OCCOC)COc1ccc(-c2cc(OC(=O)C(=C)C)c(-c3ccc(C4CCC(CCCCC)CC4)cc3F)cc2OC(=O)C(=C)C)cc1. The number of esters is 7. The molecule has 0 bridgehead atoms. The van der Waals surface area contributed by atoms with Gasteiger partial charge in [0, 0.05) is 47.6 Å². The summed E-state index contributed by atoms with van der Waals surface area (Å²) < 4.78 is 69.5. The molecule has 0 amide bonds. The van der Waals surface area contributed by atoms with Crippen LogP contribution < -0.4 is 14.2 Å². The first-order chi connectivity index (χ1) is 35.3. The molecule has 1 aliphatic rings. The van der Waals surface area contributed by atoms with Gasteiger partial charge in [-0.15, -0.1) is 0 Å². The summed E-state index contributed by atoms with van der Waals surface area (Å²) in [6.45, 7) is 14.0. The van der Waals surface area contributed by atoms with Crippen molar-refractivity contribution in [3.8, 4) is 39.5 Å². The molecule has 0 aliphatic heterocycles. The number of carbonyl (C=O) groups excluding carboxylic acids is 7. The summed E-state index contributed by atoms with van der Waals surface area (Å²) in [5.74, 6) is -7.83. The minimum atomic E-state index is -1.81. The molecule has 0 atom stereocenters. The maximum Gasteiger partial charge on any atom is 0.417 e. The smallest absolute Gasteiger partial charge is 0.417 e. The van der Waals surface area contributed by atoms with Crippen molar-refractivity contribution >= 4 is 41.8 Å². The standard InChI is InChI=1S/C56H67FO17/c1-10-11-12-13-38-14-16-39(17-15-38)41-20-23-43(46(57)28-41)45-30-47(73-50(59)36(4)5)44(29-48(45)74-51(60)37(6)7)40-18-21-42(22-19-40)69-31-56(32-70-49(58)35(2)3,33-71-54(63)52(61)67-26-24-65-8)34-72-55(64)53(62)68-27-25-66-9/h18-23,28-30,38-39H,2,4,6,10-17,24-27,31-34H2,1,3,5,7-9H3. The van der Waals surface area contributed by atoms with Crippen LogP contribution in [0.1, 0.15) is 90.5 Å². The van der Waals surface area contributed by atoms with Crippen LogP contribution in [0, 0.1) is 17.2 Å². The van der Waals surface area contributed by atoms with Gasteiger partial charge in [0.25, 0.3) is 0 Å². The molecule has 74 heavy (non-hydrogen) atoms. The van der Waals surface area contributed by atoms with Crippen molar-refractivity contribution in [2.24, 2.45) is 11.3 Å². The highest BCUT2D eigenvalue weighted by molar-refractivity contribution is 6.30. The highest BCUT2D eigenvalue weighted by Gasteiger charge is 2.39. The van der Waals surface area contributed by atoms with Gasteiger partial charge < -0.3 is 47.4 Å². The van der Waals surface area contributed by atoms with Crippen molar-refractivity contribution < 1.29 is 85.3 Å². The molecule has 4 rings (SSSR count). The van der Waals surface area contributed by atoms with E-state index in [-0.39, 0.29) is 83.0 Å². The Bertz CT molecular complexity index is 2460. The number of halogens is 1. The van der Waals surface area contributed by atoms with E-state index in [2.05, 4.69) is 26.7 Å². The fraction of sp³-hybridized carbons (Fsp3) is 0.446. The highest BCUT2D eigenvalue weighted by Crippen LogP contribution is 2.44.